The molecule has 4 nitrogen and oxygen atoms in total. The Kier molecular flexibility index (Phi) is 5.21. The van der Waals surface area contributed by atoms with Crippen LogP contribution >= 0.6 is 11.8 Å². The molecule has 2 N–H and O–H groups in total. The van der Waals surface area contributed by atoms with E-state index in [1.54, 1.807) is 18.0 Å². The van der Waals surface area contributed by atoms with E-state index in [4.69, 9.17) is 0 Å². The number of carbonyl (C=O) groups is 1. The summed E-state index contributed by atoms with van der Waals surface area (Å²) in [5, 5.41) is 4.07. The van der Waals surface area contributed by atoms with Crippen molar-refractivity contribution < 1.29 is 4.79 Å². The van der Waals surface area contributed by atoms with Gasteiger partial charge in [-0.3, -0.25) is 9.78 Å². The van der Waals surface area contributed by atoms with Crippen LogP contribution in [0.3, 0.4) is 0 Å². The van der Waals surface area contributed by atoms with Crippen LogP contribution in [-0.4, -0.2) is 15.9 Å². The number of nitrogens with one attached hydrogen (secondary N) is 2. The Morgan fingerprint density at radius 2 is 1.89 bits per heavy atom. The normalized spacial score (nSPS) is 10.8. The van der Waals surface area contributed by atoms with Crippen LogP contribution in [-0.2, 0) is 17.0 Å². The lowest BCUT2D eigenvalue weighted by Crippen LogP contribution is -2.14. The molecular formula is C22H19N3OS. The van der Waals surface area contributed by atoms with Gasteiger partial charge in [0.15, 0.2) is 0 Å². The SMILES string of the molecule is O=C(Cc1c[nH]c2ccccc12)Nc1ccc(SCc2cccnc2)cc1. The van der Waals surface area contributed by atoms with Crippen LogP contribution in [0, 0.1) is 0 Å². The van der Waals surface area contributed by atoms with E-state index in [2.05, 4.69) is 21.4 Å². The van der Waals surface area contributed by atoms with Crippen molar-refractivity contribution in [3.05, 3.63) is 90.4 Å². The number of para-hydroxylation sites is 1. The Hall–Kier alpha value is -3.05. The van der Waals surface area contributed by atoms with Crippen molar-refractivity contribution >= 4 is 34.3 Å². The van der Waals surface area contributed by atoms with E-state index >= 15 is 0 Å². The van der Waals surface area contributed by atoms with Gasteiger partial charge in [0.05, 0.1) is 6.42 Å². The van der Waals surface area contributed by atoms with E-state index in [-0.39, 0.29) is 5.91 Å². The molecule has 2 heterocycles. The first-order chi connectivity index (χ1) is 13.3. The number of hydrogen-bond donors (Lipinski definition) is 2. The average molecular weight is 373 g/mol. The first-order valence-corrected chi connectivity index (χ1v) is 9.73. The van der Waals surface area contributed by atoms with Crippen molar-refractivity contribution in [2.45, 2.75) is 17.1 Å². The number of rotatable bonds is 6. The fourth-order valence-electron chi connectivity index (χ4n) is 2.94. The minimum absolute atomic E-state index is 0.0180. The third kappa shape index (κ3) is 4.38. The maximum atomic E-state index is 12.4. The smallest absolute Gasteiger partial charge is 0.228 e. The zero-order valence-electron chi connectivity index (χ0n) is 14.7. The third-order valence-corrected chi connectivity index (χ3v) is 5.38. The van der Waals surface area contributed by atoms with Crippen LogP contribution in [0.2, 0.25) is 0 Å². The molecule has 2 aromatic heterocycles. The number of aromatic nitrogens is 2. The molecule has 2 aromatic carbocycles. The Bertz CT molecular complexity index is 1040. The van der Waals surface area contributed by atoms with Crippen molar-refractivity contribution in [2.75, 3.05) is 5.32 Å². The van der Waals surface area contributed by atoms with Gasteiger partial charge in [-0.2, -0.15) is 0 Å². The van der Waals surface area contributed by atoms with E-state index in [9.17, 15) is 4.79 Å². The molecule has 0 radical (unpaired) electrons. The Balaban J connectivity index is 1.34. The van der Waals surface area contributed by atoms with Gasteiger partial charge in [0, 0.05) is 45.8 Å². The van der Waals surface area contributed by atoms with Gasteiger partial charge in [-0.1, -0.05) is 24.3 Å². The van der Waals surface area contributed by atoms with Crippen molar-refractivity contribution in [1.82, 2.24) is 9.97 Å². The molecule has 0 aliphatic carbocycles. The molecule has 1 amide bonds. The van der Waals surface area contributed by atoms with E-state index < -0.39 is 0 Å². The fourth-order valence-corrected chi connectivity index (χ4v) is 3.77. The largest absolute Gasteiger partial charge is 0.361 e. The second-order valence-corrected chi connectivity index (χ2v) is 7.31. The first-order valence-electron chi connectivity index (χ1n) is 8.74. The number of carbonyl (C=O) groups excluding carboxylic acids is 1. The van der Waals surface area contributed by atoms with Crippen LogP contribution in [0.5, 0.6) is 0 Å². The van der Waals surface area contributed by atoms with E-state index in [1.165, 1.54) is 5.56 Å². The maximum Gasteiger partial charge on any atom is 0.228 e. The lowest BCUT2D eigenvalue weighted by molar-refractivity contribution is -0.115. The minimum atomic E-state index is -0.0180. The highest BCUT2D eigenvalue weighted by Gasteiger charge is 2.09. The molecule has 0 saturated heterocycles. The molecule has 4 aromatic rings. The molecule has 0 atom stereocenters. The number of anilines is 1. The molecule has 4 rings (SSSR count). The van der Waals surface area contributed by atoms with Crippen LogP contribution in [0.1, 0.15) is 11.1 Å². The molecule has 27 heavy (non-hydrogen) atoms. The van der Waals surface area contributed by atoms with Gasteiger partial charge in [0.1, 0.15) is 0 Å². The second-order valence-electron chi connectivity index (χ2n) is 6.26. The Morgan fingerprint density at radius 1 is 1.04 bits per heavy atom. The lowest BCUT2D eigenvalue weighted by Gasteiger charge is -2.07. The molecule has 0 unspecified atom stereocenters. The quantitative estimate of drug-likeness (QED) is 0.466. The number of hydrogen-bond acceptors (Lipinski definition) is 3. The van der Waals surface area contributed by atoms with Crippen molar-refractivity contribution in [2.24, 2.45) is 0 Å². The average Bonchev–Trinajstić information content (AvgIpc) is 3.11. The Morgan fingerprint density at radius 3 is 2.70 bits per heavy atom. The summed E-state index contributed by atoms with van der Waals surface area (Å²) in [4.78, 5) is 20.9. The predicted octanol–water partition coefficient (Wildman–Crippen LogP) is 5.04. The molecule has 0 aliphatic rings. The van der Waals surface area contributed by atoms with Crippen molar-refractivity contribution in [3.63, 3.8) is 0 Å². The second kappa shape index (κ2) is 8.10. The van der Waals surface area contributed by atoms with E-state index in [1.807, 2.05) is 67.0 Å². The molecular weight excluding hydrogens is 354 g/mol. The summed E-state index contributed by atoms with van der Waals surface area (Å²) in [7, 11) is 0. The number of fused-ring (bicyclic) bond motifs is 1. The molecule has 5 heteroatoms. The molecule has 0 spiro atoms. The summed E-state index contributed by atoms with van der Waals surface area (Å²) in [6.45, 7) is 0. The van der Waals surface area contributed by atoms with Gasteiger partial charge in [0.25, 0.3) is 0 Å². The minimum Gasteiger partial charge on any atom is -0.361 e. The number of H-pyrrole nitrogens is 1. The number of pyridine rings is 1. The van der Waals surface area contributed by atoms with E-state index in [0.717, 1.165) is 32.8 Å². The van der Waals surface area contributed by atoms with Crippen LogP contribution in [0.15, 0.2) is 84.1 Å². The van der Waals surface area contributed by atoms with Gasteiger partial charge >= 0.3 is 0 Å². The monoisotopic (exact) mass is 373 g/mol. The molecule has 0 fully saturated rings. The zero-order chi connectivity index (χ0) is 18.5. The highest BCUT2D eigenvalue weighted by Crippen LogP contribution is 2.24. The predicted molar refractivity (Wildman–Crippen MR) is 111 cm³/mol. The number of amides is 1. The van der Waals surface area contributed by atoms with Crippen LogP contribution in [0.4, 0.5) is 5.69 Å². The molecule has 0 aliphatic heterocycles. The molecule has 0 bridgehead atoms. The number of benzene rings is 2. The first kappa shape index (κ1) is 17.4. The standard InChI is InChI=1S/C22H19N3OS/c26-22(12-17-14-24-21-6-2-1-5-20(17)21)25-18-7-9-19(10-8-18)27-15-16-4-3-11-23-13-16/h1-11,13-14,24H,12,15H2,(H,25,26). The summed E-state index contributed by atoms with van der Waals surface area (Å²) in [5.74, 6) is 0.857. The number of nitrogens with zero attached hydrogens (tertiary/aromatic N) is 1. The Labute approximate surface area is 162 Å². The maximum absolute atomic E-state index is 12.4. The van der Waals surface area contributed by atoms with Gasteiger partial charge in [-0.15, -0.1) is 11.8 Å². The van der Waals surface area contributed by atoms with Gasteiger partial charge < -0.3 is 10.3 Å². The van der Waals surface area contributed by atoms with Crippen LogP contribution in [0.25, 0.3) is 10.9 Å². The summed E-state index contributed by atoms with van der Waals surface area (Å²) in [6, 6.07) is 20.0. The van der Waals surface area contributed by atoms with E-state index in [0.29, 0.717) is 6.42 Å². The van der Waals surface area contributed by atoms with Gasteiger partial charge in [-0.25, -0.2) is 0 Å². The fraction of sp³-hybridized carbons (Fsp3) is 0.0909. The highest BCUT2D eigenvalue weighted by molar-refractivity contribution is 7.98. The topological polar surface area (TPSA) is 57.8 Å². The summed E-state index contributed by atoms with van der Waals surface area (Å²) in [5.41, 5.74) is 4.06. The summed E-state index contributed by atoms with van der Waals surface area (Å²) < 4.78 is 0. The van der Waals surface area contributed by atoms with Crippen molar-refractivity contribution in [3.8, 4) is 0 Å². The lowest BCUT2D eigenvalue weighted by atomic mass is 10.1. The summed E-state index contributed by atoms with van der Waals surface area (Å²) in [6.07, 6.45) is 5.91. The number of aromatic amines is 1. The van der Waals surface area contributed by atoms with Gasteiger partial charge in [0.2, 0.25) is 5.91 Å². The van der Waals surface area contributed by atoms with Crippen LogP contribution < -0.4 is 5.32 Å². The molecule has 0 saturated carbocycles. The van der Waals surface area contributed by atoms with Crippen molar-refractivity contribution in [1.29, 1.82) is 0 Å². The van der Waals surface area contributed by atoms with Gasteiger partial charge in [-0.05, 0) is 47.5 Å². The third-order valence-electron chi connectivity index (χ3n) is 4.29. The summed E-state index contributed by atoms with van der Waals surface area (Å²) >= 11 is 1.75. The molecule has 134 valence electrons. The highest BCUT2D eigenvalue weighted by atomic mass is 32.2. The zero-order valence-corrected chi connectivity index (χ0v) is 15.5. The number of thioether (sulfide) groups is 1.